The van der Waals surface area contributed by atoms with E-state index >= 15 is 0 Å². The Morgan fingerprint density at radius 2 is 2.06 bits per heavy atom. The lowest BCUT2D eigenvalue weighted by Gasteiger charge is -2.28. The largest absolute Gasteiger partial charge is 0.482 e. The summed E-state index contributed by atoms with van der Waals surface area (Å²) < 4.78 is 19.9. The van der Waals surface area contributed by atoms with Gasteiger partial charge in [-0.3, -0.25) is 0 Å². The third kappa shape index (κ3) is 5.67. The summed E-state index contributed by atoms with van der Waals surface area (Å²) in [7, 11) is 0. The standard InChI is InChI=1S/C24H30Cl2FN5O2/c1-15(21-18(25)6-7-19(27)22(21)26)34-20-11-16(12-29-23(20)28)13-30-24(33)32-10-4-5-17(32)14-31-8-2-3-9-31/h6-7,11-12,15,17H,2-5,8-10,13-14H2,1H3,(H2,28,29)(H,30,33)/t15?,17-/m0/s1. The maximum Gasteiger partial charge on any atom is 0.317 e. The fourth-order valence-electron chi connectivity index (χ4n) is 4.69. The molecule has 0 bridgehead atoms. The molecule has 2 atom stereocenters. The highest BCUT2D eigenvalue weighted by Crippen LogP contribution is 2.36. The number of hydrogen-bond acceptors (Lipinski definition) is 5. The van der Waals surface area contributed by atoms with Crippen LogP contribution >= 0.6 is 23.2 Å². The smallest absolute Gasteiger partial charge is 0.317 e. The van der Waals surface area contributed by atoms with Crippen LogP contribution in [0.5, 0.6) is 5.75 Å². The molecule has 1 unspecified atom stereocenters. The first-order valence-electron chi connectivity index (χ1n) is 11.6. The molecule has 184 valence electrons. The van der Waals surface area contributed by atoms with Gasteiger partial charge in [-0.1, -0.05) is 23.2 Å². The van der Waals surface area contributed by atoms with Crippen LogP contribution in [0.3, 0.4) is 0 Å². The van der Waals surface area contributed by atoms with E-state index in [9.17, 15) is 9.18 Å². The number of amides is 2. The van der Waals surface area contributed by atoms with E-state index < -0.39 is 11.9 Å². The number of hydrogen-bond donors (Lipinski definition) is 2. The van der Waals surface area contributed by atoms with Gasteiger partial charge in [0.2, 0.25) is 0 Å². The quantitative estimate of drug-likeness (QED) is 0.512. The number of nitrogens with zero attached hydrogens (tertiary/aromatic N) is 3. The number of nitrogen functional groups attached to an aromatic ring is 1. The van der Waals surface area contributed by atoms with Gasteiger partial charge in [-0.2, -0.15) is 0 Å². The number of ether oxygens (including phenoxy) is 1. The molecular weight excluding hydrogens is 480 g/mol. The molecule has 3 heterocycles. The van der Waals surface area contributed by atoms with Crippen molar-refractivity contribution < 1.29 is 13.9 Å². The average Bonchev–Trinajstić information content (AvgIpc) is 3.49. The van der Waals surface area contributed by atoms with Gasteiger partial charge in [0, 0.05) is 42.5 Å². The molecule has 0 saturated carbocycles. The van der Waals surface area contributed by atoms with Crippen molar-refractivity contribution in [1.82, 2.24) is 20.1 Å². The second kappa shape index (κ2) is 11.0. The van der Waals surface area contributed by atoms with Crippen molar-refractivity contribution in [3.63, 3.8) is 0 Å². The number of urea groups is 1. The summed E-state index contributed by atoms with van der Waals surface area (Å²) in [5, 5.41) is 3.19. The zero-order valence-corrected chi connectivity index (χ0v) is 20.7. The van der Waals surface area contributed by atoms with Crippen LogP contribution in [0.4, 0.5) is 15.0 Å². The molecule has 10 heteroatoms. The first kappa shape index (κ1) is 24.8. The molecule has 2 aliphatic rings. The van der Waals surface area contributed by atoms with E-state index in [4.69, 9.17) is 33.7 Å². The van der Waals surface area contributed by atoms with Crippen molar-refractivity contribution in [2.75, 3.05) is 31.9 Å². The van der Waals surface area contributed by atoms with E-state index in [0.29, 0.717) is 16.3 Å². The predicted molar refractivity (Wildman–Crippen MR) is 132 cm³/mol. The van der Waals surface area contributed by atoms with Gasteiger partial charge in [0.15, 0.2) is 11.6 Å². The van der Waals surface area contributed by atoms with E-state index in [1.54, 1.807) is 19.2 Å². The molecular formula is C24H30Cl2FN5O2. The van der Waals surface area contributed by atoms with Gasteiger partial charge in [-0.05, 0) is 69.5 Å². The number of benzene rings is 1. The number of aromatic nitrogens is 1. The van der Waals surface area contributed by atoms with E-state index in [1.165, 1.54) is 25.0 Å². The fourth-order valence-corrected chi connectivity index (χ4v) is 5.36. The molecule has 0 spiro atoms. The third-order valence-electron chi connectivity index (χ3n) is 6.48. The number of pyridine rings is 1. The molecule has 0 radical (unpaired) electrons. The second-order valence-corrected chi connectivity index (χ2v) is 9.68. The second-order valence-electron chi connectivity index (χ2n) is 8.90. The zero-order valence-electron chi connectivity index (χ0n) is 19.2. The van der Waals surface area contributed by atoms with Crippen molar-refractivity contribution >= 4 is 35.1 Å². The van der Waals surface area contributed by atoms with Crippen molar-refractivity contribution in [3.8, 4) is 5.75 Å². The topological polar surface area (TPSA) is 83.7 Å². The summed E-state index contributed by atoms with van der Waals surface area (Å²) in [6.07, 6.45) is 5.47. The first-order valence-corrected chi connectivity index (χ1v) is 12.4. The molecule has 2 amide bonds. The Labute approximate surface area is 209 Å². The summed E-state index contributed by atoms with van der Waals surface area (Å²) in [5.41, 5.74) is 7.06. The van der Waals surface area contributed by atoms with E-state index in [1.807, 2.05) is 4.90 Å². The Balaban J connectivity index is 1.38. The van der Waals surface area contributed by atoms with Gasteiger partial charge < -0.3 is 25.6 Å². The molecule has 4 rings (SSSR count). The lowest BCUT2D eigenvalue weighted by atomic mass is 10.1. The highest BCUT2D eigenvalue weighted by molar-refractivity contribution is 6.36. The molecule has 2 fully saturated rings. The number of nitrogens with two attached hydrogens (primary N) is 1. The Kier molecular flexibility index (Phi) is 8.01. The van der Waals surface area contributed by atoms with Crippen molar-refractivity contribution in [2.45, 2.75) is 51.3 Å². The summed E-state index contributed by atoms with van der Waals surface area (Å²) >= 11 is 12.3. The molecule has 2 aromatic rings. The van der Waals surface area contributed by atoms with Gasteiger partial charge in [-0.25, -0.2) is 14.2 Å². The highest BCUT2D eigenvalue weighted by atomic mass is 35.5. The number of halogens is 3. The summed E-state index contributed by atoms with van der Waals surface area (Å²) in [6, 6.07) is 4.53. The number of anilines is 1. The third-order valence-corrected chi connectivity index (χ3v) is 7.19. The predicted octanol–water partition coefficient (Wildman–Crippen LogP) is 5.02. The molecule has 34 heavy (non-hydrogen) atoms. The minimum Gasteiger partial charge on any atom is -0.482 e. The Morgan fingerprint density at radius 1 is 1.29 bits per heavy atom. The Hall–Kier alpha value is -2.29. The van der Waals surface area contributed by atoms with Gasteiger partial charge in [0.25, 0.3) is 0 Å². The van der Waals surface area contributed by atoms with Gasteiger partial charge in [0.05, 0.1) is 5.02 Å². The van der Waals surface area contributed by atoms with Crippen LogP contribution in [0, 0.1) is 5.82 Å². The lowest BCUT2D eigenvalue weighted by molar-refractivity contribution is 0.174. The van der Waals surface area contributed by atoms with Crippen LogP contribution < -0.4 is 15.8 Å². The van der Waals surface area contributed by atoms with E-state index in [0.717, 1.165) is 44.6 Å². The van der Waals surface area contributed by atoms with Crippen molar-refractivity contribution in [2.24, 2.45) is 0 Å². The number of likely N-dealkylation sites (tertiary alicyclic amines) is 2. The van der Waals surface area contributed by atoms with Crippen LogP contribution in [-0.4, -0.2) is 53.0 Å². The molecule has 3 N–H and O–H groups in total. The maximum atomic E-state index is 13.9. The van der Waals surface area contributed by atoms with Gasteiger partial charge >= 0.3 is 6.03 Å². The molecule has 7 nitrogen and oxygen atoms in total. The number of carbonyl (C=O) groups is 1. The van der Waals surface area contributed by atoms with Crippen LogP contribution in [0.25, 0.3) is 0 Å². The molecule has 0 aliphatic carbocycles. The lowest BCUT2D eigenvalue weighted by Crippen LogP contribution is -2.46. The number of carbonyl (C=O) groups excluding carboxylic acids is 1. The molecule has 1 aromatic heterocycles. The minimum atomic E-state index is -0.666. The summed E-state index contributed by atoms with van der Waals surface area (Å²) in [5.74, 6) is -0.0939. The normalized spacial score (nSPS) is 19.4. The monoisotopic (exact) mass is 509 g/mol. The molecule has 2 saturated heterocycles. The summed E-state index contributed by atoms with van der Waals surface area (Å²) in [4.78, 5) is 21.5. The van der Waals surface area contributed by atoms with Crippen molar-refractivity contribution in [3.05, 3.63) is 51.4 Å². The van der Waals surface area contributed by atoms with E-state index in [-0.39, 0.29) is 29.5 Å². The van der Waals surface area contributed by atoms with Crippen LogP contribution in [0.15, 0.2) is 24.4 Å². The Bertz CT molecular complexity index is 1030. The average molecular weight is 510 g/mol. The maximum absolute atomic E-state index is 13.9. The summed E-state index contributed by atoms with van der Waals surface area (Å²) in [6.45, 7) is 5.94. The van der Waals surface area contributed by atoms with Crippen LogP contribution in [0.1, 0.15) is 49.8 Å². The Morgan fingerprint density at radius 3 is 2.82 bits per heavy atom. The van der Waals surface area contributed by atoms with Crippen molar-refractivity contribution in [1.29, 1.82) is 0 Å². The van der Waals surface area contributed by atoms with Gasteiger partial charge in [-0.15, -0.1) is 0 Å². The fraction of sp³-hybridized carbons (Fsp3) is 0.500. The SMILES string of the molecule is CC(Oc1cc(CNC(=O)N2CCC[C@H]2CN2CCCC2)cnc1N)c1c(Cl)ccc(F)c1Cl. The highest BCUT2D eigenvalue weighted by Gasteiger charge is 2.30. The first-order chi connectivity index (χ1) is 16.3. The zero-order chi connectivity index (χ0) is 24.2. The molecule has 1 aromatic carbocycles. The van der Waals surface area contributed by atoms with E-state index in [2.05, 4.69) is 15.2 Å². The number of rotatable bonds is 7. The van der Waals surface area contributed by atoms with Gasteiger partial charge in [0.1, 0.15) is 11.9 Å². The molecule has 2 aliphatic heterocycles. The van der Waals surface area contributed by atoms with Crippen LogP contribution in [-0.2, 0) is 6.54 Å². The minimum absolute atomic E-state index is 0.0762. The number of nitrogens with one attached hydrogen (secondary N) is 1. The van der Waals surface area contributed by atoms with Crippen LogP contribution in [0.2, 0.25) is 10.0 Å².